The smallest absolute Gasteiger partial charge is 0.246 e. The number of nitrogens with two attached hydrogens (primary N) is 1. The lowest BCUT2D eigenvalue weighted by Crippen LogP contribution is -2.59. The van der Waals surface area contributed by atoms with Crippen LogP contribution in [0.5, 0.6) is 0 Å². The third-order valence-electron chi connectivity index (χ3n) is 3.95. The molecular formula is C13H25N3O3. The zero-order valence-electron chi connectivity index (χ0n) is 11.8. The second-order valence-electron chi connectivity index (χ2n) is 5.10. The van der Waals surface area contributed by atoms with Gasteiger partial charge in [-0.05, 0) is 38.5 Å². The first kappa shape index (κ1) is 15.8. The van der Waals surface area contributed by atoms with Crippen molar-refractivity contribution in [3.8, 4) is 0 Å². The highest BCUT2D eigenvalue weighted by molar-refractivity contribution is 5.94. The summed E-state index contributed by atoms with van der Waals surface area (Å²) in [6, 6.07) is 0. The van der Waals surface area contributed by atoms with Crippen molar-refractivity contribution in [1.82, 2.24) is 5.32 Å². The molecule has 1 aliphatic carbocycles. The van der Waals surface area contributed by atoms with Crippen molar-refractivity contribution in [2.45, 2.75) is 51.5 Å². The maximum Gasteiger partial charge on any atom is 0.246 e. The molecule has 0 aliphatic heterocycles. The number of nitrogens with one attached hydrogen (secondary N) is 1. The van der Waals surface area contributed by atoms with Gasteiger partial charge in [0.15, 0.2) is 5.84 Å². The summed E-state index contributed by atoms with van der Waals surface area (Å²) in [4.78, 5) is 11.8. The van der Waals surface area contributed by atoms with Gasteiger partial charge in [-0.25, -0.2) is 0 Å². The fourth-order valence-electron chi connectivity index (χ4n) is 2.62. The third-order valence-corrected chi connectivity index (χ3v) is 3.95. The normalized spacial score (nSPS) is 28.1. The Balaban J connectivity index is 2.70. The summed E-state index contributed by atoms with van der Waals surface area (Å²) in [5.41, 5.74) is 5.08. The van der Waals surface area contributed by atoms with Gasteiger partial charge in [0.2, 0.25) is 5.91 Å². The predicted molar refractivity (Wildman–Crippen MR) is 73.0 cm³/mol. The summed E-state index contributed by atoms with van der Waals surface area (Å²) < 4.78 is 5.08. The SMILES string of the molecule is CCOCC(=O)NC1(/C(N)=N/O)CCC(CC)CC1. The van der Waals surface area contributed by atoms with Gasteiger partial charge in [-0.2, -0.15) is 0 Å². The fourth-order valence-corrected chi connectivity index (χ4v) is 2.62. The van der Waals surface area contributed by atoms with Gasteiger partial charge >= 0.3 is 0 Å². The molecule has 0 heterocycles. The quantitative estimate of drug-likeness (QED) is 0.293. The van der Waals surface area contributed by atoms with E-state index in [-0.39, 0.29) is 18.3 Å². The molecule has 4 N–H and O–H groups in total. The lowest BCUT2D eigenvalue weighted by atomic mass is 9.75. The molecule has 6 heteroatoms. The molecule has 19 heavy (non-hydrogen) atoms. The number of amides is 1. The monoisotopic (exact) mass is 271 g/mol. The van der Waals surface area contributed by atoms with Crippen molar-refractivity contribution in [3.05, 3.63) is 0 Å². The molecule has 1 aliphatic rings. The summed E-state index contributed by atoms with van der Waals surface area (Å²) in [6.07, 6.45) is 4.49. The Hall–Kier alpha value is -1.30. The molecule has 0 bridgehead atoms. The molecular weight excluding hydrogens is 246 g/mol. The van der Waals surface area contributed by atoms with E-state index in [0.717, 1.165) is 19.3 Å². The standard InChI is InChI=1S/C13H25N3O3/c1-3-10-5-7-13(8-6-10,12(14)16-18)15-11(17)9-19-4-2/h10,18H,3-9H2,1-2H3,(H2,14,16)(H,15,17). The maximum atomic E-state index is 11.8. The molecule has 1 fully saturated rings. The molecule has 0 radical (unpaired) electrons. The Bertz CT molecular complexity index is 323. The minimum absolute atomic E-state index is 0.00810. The summed E-state index contributed by atoms with van der Waals surface area (Å²) >= 11 is 0. The molecule has 0 unspecified atom stereocenters. The number of rotatable bonds is 6. The average Bonchev–Trinajstić information content (AvgIpc) is 2.44. The van der Waals surface area contributed by atoms with Crippen molar-refractivity contribution in [3.63, 3.8) is 0 Å². The number of carbonyl (C=O) groups excluding carboxylic acids is 1. The number of carbonyl (C=O) groups is 1. The molecule has 1 amide bonds. The van der Waals surface area contributed by atoms with Crippen LogP contribution in [0, 0.1) is 5.92 Å². The Morgan fingerprint density at radius 2 is 2.11 bits per heavy atom. The van der Waals surface area contributed by atoms with Crippen LogP contribution in [0.2, 0.25) is 0 Å². The van der Waals surface area contributed by atoms with Gasteiger partial charge in [0.25, 0.3) is 0 Å². The van der Waals surface area contributed by atoms with E-state index in [9.17, 15) is 4.79 Å². The maximum absolute atomic E-state index is 11.8. The molecule has 1 saturated carbocycles. The van der Waals surface area contributed by atoms with E-state index < -0.39 is 5.54 Å². The van der Waals surface area contributed by atoms with Crippen molar-refractivity contribution in [2.75, 3.05) is 13.2 Å². The first-order valence-corrected chi connectivity index (χ1v) is 6.94. The molecule has 0 aromatic heterocycles. The van der Waals surface area contributed by atoms with Crippen LogP contribution in [-0.4, -0.2) is 35.7 Å². The predicted octanol–water partition coefficient (Wildman–Crippen LogP) is 1.22. The van der Waals surface area contributed by atoms with Crippen LogP contribution in [0.15, 0.2) is 5.16 Å². The zero-order chi connectivity index (χ0) is 14.3. The second kappa shape index (κ2) is 7.33. The molecule has 6 nitrogen and oxygen atoms in total. The van der Waals surface area contributed by atoms with Gasteiger partial charge in [-0.1, -0.05) is 18.5 Å². The van der Waals surface area contributed by atoms with E-state index in [1.54, 1.807) is 0 Å². The Labute approximate surface area is 114 Å². The summed E-state index contributed by atoms with van der Waals surface area (Å²) in [5.74, 6) is 0.527. The molecule has 0 aromatic rings. The van der Waals surface area contributed by atoms with E-state index >= 15 is 0 Å². The van der Waals surface area contributed by atoms with E-state index in [4.69, 9.17) is 15.7 Å². The molecule has 0 atom stereocenters. The summed E-state index contributed by atoms with van der Waals surface area (Å²) in [7, 11) is 0. The van der Waals surface area contributed by atoms with Gasteiger partial charge in [0.1, 0.15) is 12.1 Å². The van der Waals surface area contributed by atoms with Gasteiger partial charge in [0, 0.05) is 6.61 Å². The minimum Gasteiger partial charge on any atom is -0.409 e. The first-order chi connectivity index (χ1) is 9.07. The lowest BCUT2D eigenvalue weighted by Gasteiger charge is -2.39. The second-order valence-corrected chi connectivity index (χ2v) is 5.10. The van der Waals surface area contributed by atoms with Gasteiger partial charge in [-0.15, -0.1) is 0 Å². The summed E-state index contributed by atoms with van der Waals surface area (Å²) in [5, 5.41) is 14.9. The molecule has 110 valence electrons. The number of oxime groups is 1. The van der Waals surface area contributed by atoms with Gasteiger partial charge in [0.05, 0.1) is 0 Å². The van der Waals surface area contributed by atoms with E-state index in [2.05, 4.69) is 17.4 Å². The molecule has 1 rings (SSSR count). The first-order valence-electron chi connectivity index (χ1n) is 6.94. The minimum atomic E-state index is -0.714. The molecule has 0 saturated heterocycles. The Morgan fingerprint density at radius 3 is 2.58 bits per heavy atom. The van der Waals surface area contributed by atoms with Crippen LogP contribution in [-0.2, 0) is 9.53 Å². The van der Waals surface area contributed by atoms with Gasteiger partial charge < -0.3 is 21.0 Å². The largest absolute Gasteiger partial charge is 0.409 e. The van der Waals surface area contributed by atoms with E-state index in [1.165, 1.54) is 0 Å². The van der Waals surface area contributed by atoms with Crippen molar-refractivity contribution >= 4 is 11.7 Å². The fraction of sp³-hybridized carbons (Fsp3) is 0.846. The van der Waals surface area contributed by atoms with Crippen molar-refractivity contribution in [2.24, 2.45) is 16.8 Å². The van der Waals surface area contributed by atoms with Crippen molar-refractivity contribution < 1.29 is 14.7 Å². The molecule has 0 aromatic carbocycles. The zero-order valence-corrected chi connectivity index (χ0v) is 11.8. The van der Waals surface area contributed by atoms with E-state index in [1.807, 2.05) is 6.92 Å². The lowest BCUT2D eigenvalue weighted by molar-refractivity contribution is -0.127. The highest BCUT2D eigenvalue weighted by atomic mass is 16.5. The molecule has 0 spiro atoms. The Morgan fingerprint density at radius 1 is 1.47 bits per heavy atom. The number of nitrogens with zero attached hydrogens (tertiary/aromatic N) is 1. The Kier molecular flexibility index (Phi) is 6.08. The van der Waals surface area contributed by atoms with Crippen LogP contribution in [0.3, 0.4) is 0 Å². The van der Waals surface area contributed by atoms with Crippen LogP contribution >= 0.6 is 0 Å². The number of amidine groups is 1. The van der Waals surface area contributed by atoms with Crippen molar-refractivity contribution in [1.29, 1.82) is 0 Å². The number of hydrogen-bond donors (Lipinski definition) is 3. The van der Waals surface area contributed by atoms with Crippen LogP contribution in [0.25, 0.3) is 0 Å². The summed E-state index contributed by atoms with van der Waals surface area (Å²) in [6.45, 7) is 4.49. The van der Waals surface area contributed by atoms with Gasteiger partial charge in [-0.3, -0.25) is 4.79 Å². The van der Waals surface area contributed by atoms with E-state index in [0.29, 0.717) is 25.4 Å². The average molecular weight is 271 g/mol. The van der Waals surface area contributed by atoms with Crippen LogP contribution < -0.4 is 11.1 Å². The topological polar surface area (TPSA) is 96.9 Å². The van der Waals surface area contributed by atoms with Crippen LogP contribution in [0.4, 0.5) is 0 Å². The highest BCUT2D eigenvalue weighted by Gasteiger charge is 2.40. The number of ether oxygens (including phenoxy) is 1. The van der Waals surface area contributed by atoms with Crippen LogP contribution in [0.1, 0.15) is 46.0 Å². The highest BCUT2D eigenvalue weighted by Crippen LogP contribution is 2.33. The number of hydrogen-bond acceptors (Lipinski definition) is 4. The third kappa shape index (κ3) is 4.09.